The quantitative estimate of drug-likeness (QED) is 0.637. The average Bonchev–Trinajstić information content (AvgIpc) is 2.74. The van der Waals surface area contributed by atoms with Crippen LogP contribution in [0.25, 0.3) is 0 Å². The monoisotopic (exact) mass is 224 g/mol. The fourth-order valence-corrected chi connectivity index (χ4v) is 2.08. The van der Waals surface area contributed by atoms with Crippen LogP contribution in [-0.2, 0) is 4.79 Å². The first kappa shape index (κ1) is 13.0. The Morgan fingerprint density at radius 1 is 1.75 bits per heavy atom. The molecule has 0 aliphatic carbocycles. The van der Waals surface area contributed by atoms with Crippen LogP contribution in [0.1, 0.15) is 19.8 Å². The molecule has 0 aromatic carbocycles. The van der Waals surface area contributed by atoms with Gasteiger partial charge in [-0.1, -0.05) is 5.92 Å². The van der Waals surface area contributed by atoms with E-state index >= 15 is 0 Å². The summed E-state index contributed by atoms with van der Waals surface area (Å²) in [5, 5.41) is 11.5. The molecule has 1 saturated heterocycles. The first-order valence-corrected chi connectivity index (χ1v) is 5.75. The molecular formula is C12H20N2O2. The minimum Gasteiger partial charge on any atom is -0.396 e. The van der Waals surface area contributed by atoms with Crippen molar-refractivity contribution in [1.29, 1.82) is 0 Å². The van der Waals surface area contributed by atoms with E-state index in [4.69, 9.17) is 11.5 Å². The third-order valence-electron chi connectivity index (χ3n) is 3.15. The summed E-state index contributed by atoms with van der Waals surface area (Å²) in [5.74, 6) is 2.90. The Labute approximate surface area is 97.0 Å². The van der Waals surface area contributed by atoms with Crippen LogP contribution in [0.4, 0.5) is 0 Å². The molecule has 0 spiro atoms. The number of rotatable bonds is 5. The molecule has 1 heterocycles. The van der Waals surface area contributed by atoms with Gasteiger partial charge in [-0.3, -0.25) is 9.69 Å². The molecule has 2 unspecified atom stereocenters. The Bertz CT molecular complexity index is 273. The van der Waals surface area contributed by atoms with E-state index in [0.29, 0.717) is 5.92 Å². The molecule has 4 nitrogen and oxygen atoms in total. The molecule has 0 aromatic rings. The van der Waals surface area contributed by atoms with Gasteiger partial charge in [0.2, 0.25) is 5.91 Å². The largest absolute Gasteiger partial charge is 0.396 e. The van der Waals surface area contributed by atoms with Gasteiger partial charge in [0.05, 0.1) is 12.6 Å². The molecule has 2 N–H and O–H groups in total. The molecule has 0 saturated carbocycles. The lowest BCUT2D eigenvalue weighted by Gasteiger charge is -2.23. The summed E-state index contributed by atoms with van der Waals surface area (Å²) in [5.41, 5.74) is 0. The van der Waals surface area contributed by atoms with E-state index in [0.717, 1.165) is 25.9 Å². The number of aliphatic hydroxyl groups excluding tert-OH is 1. The second-order valence-electron chi connectivity index (χ2n) is 4.26. The summed E-state index contributed by atoms with van der Waals surface area (Å²) in [6.45, 7) is 4.24. The number of nitrogens with zero attached hydrogens (tertiary/aromatic N) is 1. The summed E-state index contributed by atoms with van der Waals surface area (Å²) in [6.07, 6.45) is 6.98. The highest BCUT2D eigenvalue weighted by Gasteiger charge is 2.28. The van der Waals surface area contributed by atoms with Crippen LogP contribution in [0.3, 0.4) is 0 Å². The number of hydrogen-bond acceptors (Lipinski definition) is 3. The van der Waals surface area contributed by atoms with Gasteiger partial charge in [-0.15, -0.1) is 6.42 Å². The number of carbonyl (C=O) groups is 1. The summed E-state index contributed by atoms with van der Waals surface area (Å²) in [7, 11) is 0. The fraction of sp³-hybridized carbons (Fsp3) is 0.750. The van der Waals surface area contributed by atoms with E-state index in [1.54, 1.807) is 0 Å². The van der Waals surface area contributed by atoms with E-state index < -0.39 is 0 Å². The summed E-state index contributed by atoms with van der Waals surface area (Å²) >= 11 is 0. The van der Waals surface area contributed by atoms with Gasteiger partial charge in [0.15, 0.2) is 0 Å². The molecule has 1 rings (SSSR count). The Morgan fingerprint density at radius 2 is 2.50 bits per heavy atom. The zero-order valence-corrected chi connectivity index (χ0v) is 9.78. The molecular weight excluding hydrogens is 204 g/mol. The Kier molecular flexibility index (Phi) is 5.30. The van der Waals surface area contributed by atoms with Crippen molar-refractivity contribution >= 4 is 5.91 Å². The number of carbonyl (C=O) groups excluding carboxylic acids is 1. The van der Waals surface area contributed by atoms with Crippen LogP contribution >= 0.6 is 0 Å². The second-order valence-corrected chi connectivity index (χ2v) is 4.26. The van der Waals surface area contributed by atoms with Crippen molar-refractivity contribution in [2.75, 3.05) is 26.2 Å². The maximum absolute atomic E-state index is 11.7. The third-order valence-corrected chi connectivity index (χ3v) is 3.15. The number of terminal acetylenes is 1. The lowest BCUT2D eigenvalue weighted by Crippen LogP contribution is -2.44. The zero-order chi connectivity index (χ0) is 12.0. The van der Waals surface area contributed by atoms with E-state index in [1.165, 1.54) is 0 Å². The van der Waals surface area contributed by atoms with Gasteiger partial charge in [-0.05, 0) is 32.2 Å². The maximum Gasteiger partial charge on any atom is 0.237 e. The minimum atomic E-state index is -0.128. The molecule has 16 heavy (non-hydrogen) atoms. The maximum atomic E-state index is 11.7. The number of nitrogens with one attached hydrogen (secondary N) is 1. The molecule has 0 aromatic heterocycles. The first-order chi connectivity index (χ1) is 7.69. The van der Waals surface area contributed by atoms with Gasteiger partial charge in [0.1, 0.15) is 0 Å². The van der Waals surface area contributed by atoms with Crippen LogP contribution in [-0.4, -0.2) is 48.2 Å². The van der Waals surface area contributed by atoms with Crippen LogP contribution < -0.4 is 5.32 Å². The van der Waals surface area contributed by atoms with Crippen LogP contribution in [0.5, 0.6) is 0 Å². The lowest BCUT2D eigenvalue weighted by atomic mass is 10.1. The second kappa shape index (κ2) is 6.51. The first-order valence-electron chi connectivity index (χ1n) is 5.75. The topological polar surface area (TPSA) is 52.6 Å². The van der Waals surface area contributed by atoms with Crippen molar-refractivity contribution in [3.05, 3.63) is 0 Å². The number of aliphatic hydroxyl groups is 1. The van der Waals surface area contributed by atoms with E-state index in [1.807, 2.05) is 6.92 Å². The van der Waals surface area contributed by atoms with Crippen LogP contribution in [0.15, 0.2) is 0 Å². The van der Waals surface area contributed by atoms with Gasteiger partial charge in [-0.25, -0.2) is 0 Å². The van der Waals surface area contributed by atoms with E-state index in [-0.39, 0.29) is 25.1 Å². The molecule has 0 bridgehead atoms. The van der Waals surface area contributed by atoms with E-state index in [9.17, 15) is 4.79 Å². The molecule has 2 atom stereocenters. The number of amides is 1. The molecule has 4 heteroatoms. The Morgan fingerprint density at radius 3 is 3.12 bits per heavy atom. The Hall–Kier alpha value is -1.05. The normalized spacial score (nSPS) is 22.7. The summed E-state index contributed by atoms with van der Waals surface area (Å²) in [6, 6.07) is -0.128. The van der Waals surface area contributed by atoms with Crippen molar-refractivity contribution in [2.45, 2.75) is 25.8 Å². The lowest BCUT2D eigenvalue weighted by molar-refractivity contribution is -0.125. The highest BCUT2D eigenvalue weighted by Crippen LogP contribution is 2.21. The highest BCUT2D eigenvalue weighted by molar-refractivity contribution is 5.81. The zero-order valence-electron chi connectivity index (χ0n) is 9.78. The fourth-order valence-electron chi connectivity index (χ4n) is 2.08. The summed E-state index contributed by atoms with van der Waals surface area (Å²) in [4.78, 5) is 13.8. The summed E-state index contributed by atoms with van der Waals surface area (Å²) < 4.78 is 0. The van der Waals surface area contributed by atoms with Gasteiger partial charge >= 0.3 is 0 Å². The van der Waals surface area contributed by atoms with Gasteiger partial charge in [-0.2, -0.15) is 0 Å². The minimum absolute atomic E-state index is 0.0115. The SMILES string of the molecule is C#CCNC(=O)C(C)N1CCC(CCO)C1. The van der Waals surface area contributed by atoms with Crippen molar-refractivity contribution in [3.63, 3.8) is 0 Å². The van der Waals surface area contributed by atoms with Gasteiger partial charge in [0, 0.05) is 13.2 Å². The number of likely N-dealkylation sites (tertiary alicyclic amines) is 1. The smallest absolute Gasteiger partial charge is 0.237 e. The van der Waals surface area contributed by atoms with Crippen molar-refractivity contribution in [1.82, 2.24) is 10.2 Å². The highest BCUT2D eigenvalue weighted by atomic mass is 16.3. The van der Waals surface area contributed by atoms with Crippen molar-refractivity contribution in [3.8, 4) is 12.3 Å². The van der Waals surface area contributed by atoms with Crippen LogP contribution in [0.2, 0.25) is 0 Å². The Balaban J connectivity index is 2.35. The predicted molar refractivity (Wildman–Crippen MR) is 62.7 cm³/mol. The van der Waals surface area contributed by atoms with Crippen LogP contribution in [0, 0.1) is 18.3 Å². The van der Waals surface area contributed by atoms with Crippen molar-refractivity contribution < 1.29 is 9.90 Å². The molecule has 1 aliphatic rings. The van der Waals surface area contributed by atoms with Crippen molar-refractivity contribution in [2.24, 2.45) is 5.92 Å². The molecule has 1 amide bonds. The molecule has 90 valence electrons. The van der Waals surface area contributed by atoms with E-state index in [2.05, 4.69) is 16.1 Å². The third kappa shape index (κ3) is 3.51. The standard InChI is InChI=1S/C12H20N2O2/c1-3-6-13-12(16)10(2)14-7-4-11(9-14)5-8-15/h1,10-11,15H,4-9H2,2H3,(H,13,16). The number of hydrogen-bond donors (Lipinski definition) is 2. The van der Waals surface area contributed by atoms with Gasteiger partial charge in [0.25, 0.3) is 0 Å². The van der Waals surface area contributed by atoms with Gasteiger partial charge < -0.3 is 10.4 Å². The molecule has 1 fully saturated rings. The molecule has 1 aliphatic heterocycles. The predicted octanol–water partition coefficient (Wildman–Crippen LogP) is -0.171. The molecule has 0 radical (unpaired) electrons. The average molecular weight is 224 g/mol.